The molecule has 0 fully saturated rings. The van der Waals surface area contributed by atoms with Crippen molar-refractivity contribution in [2.45, 2.75) is 30.7 Å². The molecular formula is C24H21Cl2N3S. The average Bonchev–Trinajstić information content (AvgIpc) is 3.17. The second-order valence-electron chi connectivity index (χ2n) is 7.28. The van der Waals surface area contributed by atoms with Gasteiger partial charge in [-0.25, -0.2) is 0 Å². The van der Waals surface area contributed by atoms with E-state index in [4.69, 9.17) is 23.2 Å². The first-order valence-electron chi connectivity index (χ1n) is 9.71. The number of hydrogen-bond acceptors (Lipinski definition) is 3. The fraction of sp³-hybridized carbons (Fsp3) is 0.167. The van der Waals surface area contributed by atoms with Crippen LogP contribution in [0.1, 0.15) is 30.9 Å². The van der Waals surface area contributed by atoms with Crippen molar-refractivity contribution in [2.24, 2.45) is 0 Å². The van der Waals surface area contributed by atoms with Crippen LogP contribution in [-0.4, -0.2) is 14.8 Å². The van der Waals surface area contributed by atoms with Gasteiger partial charge in [0.05, 0.1) is 5.69 Å². The van der Waals surface area contributed by atoms with Crippen molar-refractivity contribution in [1.29, 1.82) is 0 Å². The number of para-hydroxylation sites is 1. The molecule has 0 unspecified atom stereocenters. The number of rotatable bonds is 6. The number of thioether (sulfide) groups is 1. The maximum Gasteiger partial charge on any atom is 0.196 e. The Morgan fingerprint density at radius 1 is 0.833 bits per heavy atom. The molecule has 6 heteroatoms. The summed E-state index contributed by atoms with van der Waals surface area (Å²) in [5.74, 6) is 1.95. The van der Waals surface area contributed by atoms with Crippen molar-refractivity contribution >= 4 is 35.0 Å². The first-order valence-corrected chi connectivity index (χ1v) is 11.4. The molecule has 0 N–H and O–H groups in total. The molecule has 0 radical (unpaired) electrons. The third-order valence-corrected chi connectivity index (χ3v) is 6.32. The molecule has 0 aliphatic heterocycles. The molecule has 4 aromatic rings. The SMILES string of the molecule is CC(C)c1ccccc1-n1c(SCc2ccc(Cl)cc2)nnc1-c1ccc(Cl)cc1. The Hall–Kier alpha value is -2.27. The predicted octanol–water partition coefficient (Wildman–Crippen LogP) is 7.66. The van der Waals surface area contributed by atoms with E-state index in [-0.39, 0.29) is 0 Å². The van der Waals surface area contributed by atoms with Gasteiger partial charge >= 0.3 is 0 Å². The molecule has 3 nitrogen and oxygen atoms in total. The molecule has 0 aliphatic rings. The summed E-state index contributed by atoms with van der Waals surface area (Å²) in [4.78, 5) is 0. The Morgan fingerprint density at radius 2 is 1.47 bits per heavy atom. The van der Waals surface area contributed by atoms with E-state index in [9.17, 15) is 0 Å². The summed E-state index contributed by atoms with van der Waals surface area (Å²) < 4.78 is 2.15. The van der Waals surface area contributed by atoms with E-state index < -0.39 is 0 Å². The normalized spacial score (nSPS) is 11.2. The molecule has 0 bridgehead atoms. The Kier molecular flexibility index (Phi) is 6.47. The van der Waals surface area contributed by atoms with Gasteiger partial charge in [-0.05, 0) is 59.5 Å². The monoisotopic (exact) mass is 453 g/mol. The zero-order chi connectivity index (χ0) is 21.1. The lowest BCUT2D eigenvalue weighted by atomic mass is 10.0. The zero-order valence-corrected chi connectivity index (χ0v) is 19.0. The van der Waals surface area contributed by atoms with Gasteiger partial charge in [0, 0.05) is 21.4 Å². The van der Waals surface area contributed by atoms with Crippen molar-refractivity contribution < 1.29 is 0 Å². The molecule has 4 rings (SSSR count). The molecule has 0 saturated heterocycles. The van der Waals surface area contributed by atoms with E-state index in [0.29, 0.717) is 10.9 Å². The van der Waals surface area contributed by atoms with Crippen LogP contribution in [0.15, 0.2) is 78.0 Å². The fourth-order valence-corrected chi connectivity index (χ4v) is 4.43. The summed E-state index contributed by atoms with van der Waals surface area (Å²) >= 11 is 13.8. The Labute approximate surface area is 191 Å². The maximum absolute atomic E-state index is 6.10. The second kappa shape index (κ2) is 9.25. The highest BCUT2D eigenvalue weighted by Gasteiger charge is 2.19. The van der Waals surface area contributed by atoms with Gasteiger partial charge in [-0.1, -0.05) is 79.1 Å². The van der Waals surface area contributed by atoms with Gasteiger partial charge in [-0.15, -0.1) is 10.2 Å². The Balaban J connectivity index is 1.79. The average molecular weight is 454 g/mol. The summed E-state index contributed by atoms with van der Waals surface area (Å²) in [6.07, 6.45) is 0. The van der Waals surface area contributed by atoms with Crippen molar-refractivity contribution in [2.75, 3.05) is 0 Å². The van der Waals surface area contributed by atoms with Crippen molar-refractivity contribution in [1.82, 2.24) is 14.8 Å². The van der Waals surface area contributed by atoms with E-state index in [1.165, 1.54) is 11.1 Å². The van der Waals surface area contributed by atoms with Gasteiger partial charge in [0.2, 0.25) is 0 Å². The van der Waals surface area contributed by atoms with Crippen LogP contribution in [0.2, 0.25) is 10.0 Å². The van der Waals surface area contributed by atoms with Crippen LogP contribution in [0.3, 0.4) is 0 Å². The Morgan fingerprint density at radius 3 is 2.13 bits per heavy atom. The molecule has 3 aromatic carbocycles. The standard InChI is InChI=1S/C24H21Cl2N3S/c1-16(2)21-5-3-4-6-22(21)29-23(18-9-13-20(26)14-10-18)27-28-24(29)30-15-17-7-11-19(25)12-8-17/h3-14,16H,15H2,1-2H3. The van der Waals surface area contributed by atoms with Gasteiger partial charge in [0.25, 0.3) is 0 Å². The maximum atomic E-state index is 6.10. The van der Waals surface area contributed by atoms with E-state index in [1.807, 2.05) is 48.5 Å². The first-order chi connectivity index (χ1) is 14.5. The first kappa shape index (κ1) is 21.0. The zero-order valence-electron chi connectivity index (χ0n) is 16.7. The van der Waals surface area contributed by atoms with Crippen LogP contribution in [0, 0.1) is 0 Å². The highest BCUT2D eigenvalue weighted by molar-refractivity contribution is 7.98. The number of aromatic nitrogens is 3. The lowest BCUT2D eigenvalue weighted by Gasteiger charge is -2.17. The van der Waals surface area contributed by atoms with Gasteiger partial charge in [0.1, 0.15) is 0 Å². The van der Waals surface area contributed by atoms with Gasteiger partial charge in [-0.2, -0.15) is 0 Å². The lowest BCUT2D eigenvalue weighted by Crippen LogP contribution is -2.04. The largest absolute Gasteiger partial charge is 0.270 e. The summed E-state index contributed by atoms with van der Waals surface area (Å²) in [5, 5.41) is 11.4. The van der Waals surface area contributed by atoms with Crippen LogP contribution >= 0.6 is 35.0 Å². The minimum absolute atomic E-state index is 0.371. The highest BCUT2D eigenvalue weighted by atomic mass is 35.5. The number of halogens is 2. The van der Waals surface area contributed by atoms with Crippen molar-refractivity contribution in [3.05, 3.63) is 94.0 Å². The third-order valence-electron chi connectivity index (χ3n) is 4.82. The molecule has 152 valence electrons. The molecule has 1 heterocycles. The minimum atomic E-state index is 0.371. The minimum Gasteiger partial charge on any atom is -0.270 e. The fourth-order valence-electron chi connectivity index (χ4n) is 3.27. The van der Waals surface area contributed by atoms with E-state index >= 15 is 0 Å². The van der Waals surface area contributed by atoms with Crippen LogP contribution in [0.4, 0.5) is 0 Å². The van der Waals surface area contributed by atoms with Crippen LogP contribution in [0.25, 0.3) is 17.1 Å². The molecule has 0 amide bonds. The van der Waals surface area contributed by atoms with Crippen molar-refractivity contribution in [3.8, 4) is 17.1 Å². The topological polar surface area (TPSA) is 30.7 Å². The van der Waals surface area contributed by atoms with Gasteiger partial charge < -0.3 is 0 Å². The third kappa shape index (κ3) is 4.56. The van der Waals surface area contributed by atoms with E-state index in [1.54, 1.807) is 11.8 Å². The molecule has 0 atom stereocenters. The van der Waals surface area contributed by atoms with Gasteiger partial charge in [-0.3, -0.25) is 4.57 Å². The van der Waals surface area contributed by atoms with Crippen LogP contribution < -0.4 is 0 Å². The van der Waals surface area contributed by atoms with E-state index in [2.05, 4.69) is 52.9 Å². The quantitative estimate of drug-likeness (QED) is 0.280. The predicted molar refractivity (Wildman–Crippen MR) is 127 cm³/mol. The molecule has 30 heavy (non-hydrogen) atoms. The van der Waals surface area contributed by atoms with Crippen LogP contribution in [0.5, 0.6) is 0 Å². The Bertz CT molecular complexity index is 1140. The highest BCUT2D eigenvalue weighted by Crippen LogP contribution is 2.33. The number of hydrogen-bond donors (Lipinski definition) is 0. The summed E-state index contributed by atoms with van der Waals surface area (Å²) in [7, 11) is 0. The molecule has 0 aliphatic carbocycles. The summed E-state index contributed by atoms with van der Waals surface area (Å²) in [5.41, 5.74) is 4.51. The van der Waals surface area contributed by atoms with Crippen molar-refractivity contribution in [3.63, 3.8) is 0 Å². The number of nitrogens with zero attached hydrogens (tertiary/aromatic N) is 3. The smallest absolute Gasteiger partial charge is 0.196 e. The van der Waals surface area contributed by atoms with Crippen LogP contribution in [-0.2, 0) is 5.75 Å². The van der Waals surface area contributed by atoms with E-state index in [0.717, 1.165) is 33.0 Å². The molecular weight excluding hydrogens is 433 g/mol. The molecule has 1 aromatic heterocycles. The lowest BCUT2D eigenvalue weighted by molar-refractivity contribution is 0.818. The summed E-state index contributed by atoms with van der Waals surface area (Å²) in [6, 6.07) is 24.1. The summed E-state index contributed by atoms with van der Waals surface area (Å²) in [6.45, 7) is 4.40. The molecule has 0 spiro atoms. The number of benzene rings is 3. The second-order valence-corrected chi connectivity index (χ2v) is 9.09. The van der Waals surface area contributed by atoms with Gasteiger partial charge in [0.15, 0.2) is 11.0 Å². The molecule has 0 saturated carbocycles.